The maximum atomic E-state index is 12.1. The summed E-state index contributed by atoms with van der Waals surface area (Å²) in [6.07, 6.45) is 1.65. The molecule has 1 aliphatic heterocycles. The number of thiophene rings is 1. The normalized spacial score (nSPS) is 16.4. The second-order valence-electron chi connectivity index (χ2n) is 4.22. The van der Waals surface area contributed by atoms with E-state index >= 15 is 0 Å². The first-order valence-electron chi connectivity index (χ1n) is 5.90. The minimum Gasteiger partial charge on any atom is -0.309 e. The Morgan fingerprint density at radius 3 is 2.80 bits per heavy atom. The number of amides is 1. The molecule has 1 aromatic heterocycles. The molecule has 0 unspecified atom stereocenters. The van der Waals surface area contributed by atoms with Crippen molar-refractivity contribution in [3.63, 3.8) is 0 Å². The number of halogens is 1. The second kappa shape index (κ2) is 5.30. The Hall–Kier alpha value is -1.79. The van der Waals surface area contributed by atoms with E-state index in [0.29, 0.717) is 5.71 Å². The van der Waals surface area contributed by atoms with E-state index in [1.807, 2.05) is 36.4 Å². The van der Waals surface area contributed by atoms with Crippen LogP contribution in [0.1, 0.15) is 10.4 Å². The average Bonchev–Trinajstić information content (AvgIpc) is 2.97. The zero-order chi connectivity index (χ0) is 14.1. The van der Waals surface area contributed by atoms with Crippen molar-refractivity contribution in [2.75, 3.05) is 11.9 Å². The number of benzene rings is 1. The summed E-state index contributed by atoms with van der Waals surface area (Å²) in [6.45, 7) is 0. The largest absolute Gasteiger partial charge is 0.309 e. The van der Waals surface area contributed by atoms with E-state index in [-0.39, 0.29) is 5.91 Å². The number of nitrogens with zero attached hydrogens (tertiary/aromatic N) is 3. The summed E-state index contributed by atoms with van der Waals surface area (Å²) >= 11 is 4.95. The first kappa shape index (κ1) is 13.2. The van der Waals surface area contributed by atoms with Crippen LogP contribution in [0.2, 0.25) is 0 Å². The molecule has 1 amide bonds. The van der Waals surface area contributed by atoms with Gasteiger partial charge in [0.05, 0.1) is 15.7 Å². The molecule has 1 aromatic carbocycles. The van der Waals surface area contributed by atoms with Crippen LogP contribution < -0.4 is 4.90 Å². The number of hydrogen-bond acceptors (Lipinski definition) is 4. The predicted molar refractivity (Wildman–Crippen MR) is 86.0 cm³/mol. The average molecular weight is 348 g/mol. The zero-order valence-electron chi connectivity index (χ0n) is 10.6. The fourth-order valence-corrected chi connectivity index (χ4v) is 3.28. The SMILES string of the molecule is CN1C(=O)/C(=N/N=C\c2ccc(Br)s2)c2ccccc21. The fourth-order valence-electron chi connectivity index (χ4n) is 1.99. The van der Waals surface area contributed by atoms with Crippen molar-refractivity contribution < 1.29 is 4.79 Å². The summed E-state index contributed by atoms with van der Waals surface area (Å²) in [5.74, 6) is -0.129. The van der Waals surface area contributed by atoms with Gasteiger partial charge in [0.1, 0.15) is 0 Å². The van der Waals surface area contributed by atoms with Crippen LogP contribution in [0.5, 0.6) is 0 Å². The molecule has 100 valence electrons. The molecule has 3 rings (SSSR count). The van der Waals surface area contributed by atoms with E-state index in [9.17, 15) is 4.79 Å². The number of hydrogen-bond donors (Lipinski definition) is 0. The van der Waals surface area contributed by atoms with Crippen LogP contribution >= 0.6 is 27.3 Å². The molecule has 0 saturated carbocycles. The lowest BCUT2D eigenvalue weighted by molar-refractivity contribution is -0.111. The number of anilines is 1. The van der Waals surface area contributed by atoms with Crippen molar-refractivity contribution >= 4 is 50.8 Å². The lowest BCUT2D eigenvalue weighted by Gasteiger charge is -2.07. The molecule has 1 aliphatic rings. The van der Waals surface area contributed by atoms with E-state index in [4.69, 9.17) is 0 Å². The molecule has 0 fully saturated rings. The Labute approximate surface area is 128 Å². The summed E-state index contributed by atoms with van der Waals surface area (Å²) in [4.78, 5) is 14.7. The van der Waals surface area contributed by atoms with Crippen LogP contribution in [-0.4, -0.2) is 24.9 Å². The smallest absolute Gasteiger partial charge is 0.279 e. The molecule has 6 heteroatoms. The van der Waals surface area contributed by atoms with Gasteiger partial charge in [-0.25, -0.2) is 0 Å². The van der Waals surface area contributed by atoms with Gasteiger partial charge in [-0.15, -0.1) is 16.4 Å². The number of carbonyl (C=O) groups is 1. The Balaban J connectivity index is 1.92. The van der Waals surface area contributed by atoms with Gasteiger partial charge < -0.3 is 4.90 Å². The number of para-hydroxylation sites is 1. The summed E-state index contributed by atoms with van der Waals surface area (Å²) in [5.41, 5.74) is 2.07. The van der Waals surface area contributed by atoms with E-state index in [1.54, 1.807) is 29.5 Å². The van der Waals surface area contributed by atoms with Crippen molar-refractivity contribution in [3.8, 4) is 0 Å². The zero-order valence-corrected chi connectivity index (χ0v) is 13.0. The lowest BCUT2D eigenvalue weighted by Crippen LogP contribution is -2.25. The van der Waals surface area contributed by atoms with Crippen molar-refractivity contribution in [1.29, 1.82) is 0 Å². The highest BCUT2D eigenvalue weighted by Crippen LogP contribution is 2.27. The fraction of sp³-hybridized carbons (Fsp3) is 0.0714. The molecule has 20 heavy (non-hydrogen) atoms. The highest BCUT2D eigenvalue weighted by atomic mass is 79.9. The Kier molecular flexibility index (Phi) is 3.50. The monoisotopic (exact) mass is 347 g/mol. The number of likely N-dealkylation sites (N-methyl/N-ethyl adjacent to an activating group) is 1. The van der Waals surface area contributed by atoms with E-state index in [1.165, 1.54) is 0 Å². The Bertz CT molecular complexity index is 736. The van der Waals surface area contributed by atoms with Gasteiger partial charge in [-0.2, -0.15) is 5.10 Å². The third kappa shape index (κ3) is 2.32. The van der Waals surface area contributed by atoms with Crippen molar-refractivity contribution in [2.45, 2.75) is 0 Å². The highest BCUT2D eigenvalue weighted by molar-refractivity contribution is 9.11. The Morgan fingerprint density at radius 2 is 2.05 bits per heavy atom. The highest BCUT2D eigenvalue weighted by Gasteiger charge is 2.30. The van der Waals surface area contributed by atoms with Gasteiger partial charge in [0.2, 0.25) is 0 Å². The van der Waals surface area contributed by atoms with Crippen LogP contribution in [0, 0.1) is 0 Å². The van der Waals surface area contributed by atoms with Crippen LogP contribution in [-0.2, 0) is 4.79 Å². The summed E-state index contributed by atoms with van der Waals surface area (Å²) in [6, 6.07) is 11.5. The topological polar surface area (TPSA) is 45.0 Å². The maximum absolute atomic E-state index is 12.1. The standard InChI is InChI=1S/C14H10BrN3OS/c1-18-11-5-3-2-4-10(11)13(14(18)19)17-16-8-9-6-7-12(15)20-9/h2-8H,1H3/b16-8-,17-13+. The van der Waals surface area contributed by atoms with Crippen molar-refractivity contribution in [2.24, 2.45) is 10.2 Å². The third-order valence-corrected chi connectivity index (χ3v) is 4.52. The molecule has 0 saturated heterocycles. The van der Waals surface area contributed by atoms with Crippen LogP contribution in [0.3, 0.4) is 0 Å². The van der Waals surface area contributed by atoms with Crippen LogP contribution in [0.4, 0.5) is 5.69 Å². The number of fused-ring (bicyclic) bond motifs is 1. The van der Waals surface area contributed by atoms with Gasteiger partial charge in [-0.3, -0.25) is 4.79 Å². The molecule has 0 spiro atoms. The van der Waals surface area contributed by atoms with Crippen LogP contribution in [0.25, 0.3) is 0 Å². The minimum absolute atomic E-state index is 0.129. The van der Waals surface area contributed by atoms with Gasteiger partial charge in [0, 0.05) is 17.5 Å². The summed E-state index contributed by atoms with van der Waals surface area (Å²) < 4.78 is 1.04. The van der Waals surface area contributed by atoms with Gasteiger partial charge in [0.15, 0.2) is 5.71 Å². The van der Waals surface area contributed by atoms with E-state index in [0.717, 1.165) is 19.9 Å². The second-order valence-corrected chi connectivity index (χ2v) is 6.71. The summed E-state index contributed by atoms with van der Waals surface area (Å²) in [5, 5.41) is 8.11. The molecule has 2 heterocycles. The molecule has 4 nitrogen and oxygen atoms in total. The molecule has 0 N–H and O–H groups in total. The predicted octanol–water partition coefficient (Wildman–Crippen LogP) is 3.31. The van der Waals surface area contributed by atoms with Gasteiger partial charge in [-0.1, -0.05) is 18.2 Å². The molecule has 0 radical (unpaired) electrons. The van der Waals surface area contributed by atoms with E-state index in [2.05, 4.69) is 26.1 Å². The molecule has 0 aliphatic carbocycles. The van der Waals surface area contributed by atoms with Crippen molar-refractivity contribution in [3.05, 3.63) is 50.6 Å². The molecular weight excluding hydrogens is 338 g/mol. The molecule has 2 aromatic rings. The number of rotatable bonds is 2. The molecule has 0 atom stereocenters. The van der Waals surface area contributed by atoms with E-state index < -0.39 is 0 Å². The van der Waals surface area contributed by atoms with Gasteiger partial charge >= 0.3 is 0 Å². The third-order valence-electron chi connectivity index (χ3n) is 2.96. The molecule has 0 bridgehead atoms. The minimum atomic E-state index is -0.129. The van der Waals surface area contributed by atoms with Crippen molar-refractivity contribution in [1.82, 2.24) is 0 Å². The lowest BCUT2D eigenvalue weighted by atomic mass is 10.1. The molecular formula is C14H10BrN3OS. The van der Waals surface area contributed by atoms with Gasteiger partial charge in [0.25, 0.3) is 5.91 Å². The first-order valence-corrected chi connectivity index (χ1v) is 7.51. The van der Waals surface area contributed by atoms with Gasteiger partial charge in [-0.05, 0) is 34.1 Å². The summed E-state index contributed by atoms with van der Waals surface area (Å²) in [7, 11) is 1.74. The van der Waals surface area contributed by atoms with Crippen LogP contribution in [0.15, 0.2) is 50.4 Å². The first-order chi connectivity index (χ1) is 9.66. The Morgan fingerprint density at radius 1 is 1.25 bits per heavy atom. The maximum Gasteiger partial charge on any atom is 0.279 e. The number of carbonyl (C=O) groups excluding carboxylic acids is 1. The quantitative estimate of drug-likeness (QED) is 0.607.